The standard InChI is InChI=1S/C21H22N2O4S/c1-14-3-5-17(15(2)11-14)21-19(13-24)18-12-16(4-6-20(18)22-21)28(25,26)23-7-9-27-10-8-23/h3-6,11-13,22H,7-10H2,1-2H3. The third kappa shape index (κ3) is 3.15. The van der Waals surface area contributed by atoms with E-state index in [9.17, 15) is 13.2 Å². The van der Waals surface area contributed by atoms with Crippen LogP contribution in [0.1, 0.15) is 21.5 Å². The fraction of sp³-hybridized carbons (Fsp3) is 0.286. The summed E-state index contributed by atoms with van der Waals surface area (Å²) in [7, 11) is -3.62. The molecule has 0 unspecified atom stereocenters. The van der Waals surface area contributed by atoms with E-state index in [0.29, 0.717) is 42.9 Å². The molecule has 146 valence electrons. The highest BCUT2D eigenvalue weighted by atomic mass is 32.2. The molecule has 4 rings (SSSR count). The number of rotatable bonds is 4. The van der Waals surface area contributed by atoms with Crippen LogP contribution in [0.2, 0.25) is 0 Å². The number of aryl methyl sites for hydroxylation is 2. The molecule has 2 aromatic carbocycles. The number of hydrogen-bond donors (Lipinski definition) is 1. The summed E-state index contributed by atoms with van der Waals surface area (Å²) in [4.78, 5) is 15.4. The number of benzene rings is 2. The molecule has 1 saturated heterocycles. The Balaban J connectivity index is 1.85. The van der Waals surface area contributed by atoms with E-state index in [-0.39, 0.29) is 4.90 Å². The molecular weight excluding hydrogens is 376 g/mol. The Morgan fingerprint density at radius 2 is 1.82 bits per heavy atom. The van der Waals surface area contributed by atoms with Gasteiger partial charge >= 0.3 is 0 Å². The number of aromatic nitrogens is 1. The van der Waals surface area contributed by atoms with Gasteiger partial charge in [-0.15, -0.1) is 0 Å². The predicted molar refractivity (Wildman–Crippen MR) is 108 cm³/mol. The summed E-state index contributed by atoms with van der Waals surface area (Å²) < 4.78 is 32.6. The van der Waals surface area contributed by atoms with E-state index in [1.54, 1.807) is 18.2 Å². The zero-order valence-electron chi connectivity index (χ0n) is 15.9. The first-order valence-electron chi connectivity index (χ1n) is 9.18. The van der Waals surface area contributed by atoms with Crippen molar-refractivity contribution in [2.45, 2.75) is 18.7 Å². The molecule has 3 aromatic rings. The van der Waals surface area contributed by atoms with E-state index in [1.165, 1.54) is 4.31 Å². The molecule has 1 N–H and O–H groups in total. The monoisotopic (exact) mass is 398 g/mol. The fourth-order valence-electron chi connectivity index (χ4n) is 3.72. The first kappa shape index (κ1) is 18.9. The third-order valence-corrected chi connectivity index (χ3v) is 7.08. The van der Waals surface area contributed by atoms with Crippen molar-refractivity contribution in [3.05, 3.63) is 53.1 Å². The molecule has 2 heterocycles. The van der Waals surface area contributed by atoms with E-state index in [4.69, 9.17) is 4.74 Å². The maximum Gasteiger partial charge on any atom is 0.243 e. The SMILES string of the molecule is Cc1ccc(-c2[nH]c3ccc(S(=O)(=O)N4CCOCC4)cc3c2C=O)c(C)c1. The molecule has 6 nitrogen and oxygen atoms in total. The molecule has 1 aromatic heterocycles. The Kier molecular flexibility index (Phi) is 4.82. The van der Waals surface area contributed by atoms with Crippen LogP contribution in [0.15, 0.2) is 41.3 Å². The smallest absolute Gasteiger partial charge is 0.243 e. The zero-order valence-corrected chi connectivity index (χ0v) is 16.7. The number of nitrogens with one attached hydrogen (secondary N) is 1. The average Bonchev–Trinajstić information content (AvgIpc) is 3.06. The van der Waals surface area contributed by atoms with Gasteiger partial charge in [0.15, 0.2) is 6.29 Å². The second-order valence-electron chi connectivity index (χ2n) is 7.07. The number of hydrogen-bond acceptors (Lipinski definition) is 4. The lowest BCUT2D eigenvalue weighted by Gasteiger charge is -2.26. The Morgan fingerprint density at radius 3 is 2.50 bits per heavy atom. The van der Waals surface area contributed by atoms with E-state index < -0.39 is 10.0 Å². The second-order valence-corrected chi connectivity index (χ2v) is 9.01. The third-order valence-electron chi connectivity index (χ3n) is 5.19. The molecule has 7 heteroatoms. The van der Waals surface area contributed by atoms with Crippen molar-refractivity contribution in [2.24, 2.45) is 0 Å². The van der Waals surface area contributed by atoms with E-state index >= 15 is 0 Å². The van der Waals surface area contributed by atoms with Gasteiger partial charge in [-0.1, -0.05) is 23.8 Å². The number of ether oxygens (including phenoxy) is 1. The lowest BCUT2D eigenvalue weighted by atomic mass is 10.00. The molecular formula is C21H22N2O4S. The number of nitrogens with zero attached hydrogens (tertiary/aromatic N) is 1. The lowest BCUT2D eigenvalue weighted by Crippen LogP contribution is -2.40. The summed E-state index contributed by atoms with van der Waals surface area (Å²) in [6.07, 6.45) is 0.790. The number of aldehydes is 1. The van der Waals surface area contributed by atoms with Crippen LogP contribution in [0, 0.1) is 13.8 Å². The van der Waals surface area contributed by atoms with Gasteiger partial charge in [0.2, 0.25) is 10.0 Å². The van der Waals surface area contributed by atoms with Crippen LogP contribution in [0.4, 0.5) is 0 Å². The topological polar surface area (TPSA) is 79.5 Å². The molecule has 0 amide bonds. The minimum Gasteiger partial charge on any atom is -0.379 e. The van der Waals surface area contributed by atoms with Crippen LogP contribution in [0.25, 0.3) is 22.2 Å². The van der Waals surface area contributed by atoms with Crippen molar-refractivity contribution >= 4 is 27.2 Å². The number of carbonyl (C=O) groups excluding carboxylic acids is 1. The highest BCUT2D eigenvalue weighted by Crippen LogP contribution is 2.33. The van der Waals surface area contributed by atoms with E-state index in [2.05, 4.69) is 11.1 Å². The Morgan fingerprint density at radius 1 is 1.07 bits per heavy atom. The van der Waals surface area contributed by atoms with Crippen LogP contribution in [-0.4, -0.2) is 50.3 Å². The maximum absolute atomic E-state index is 13.0. The highest BCUT2D eigenvalue weighted by molar-refractivity contribution is 7.89. The molecule has 0 spiro atoms. The van der Waals surface area contributed by atoms with Crippen LogP contribution in [0.5, 0.6) is 0 Å². The van der Waals surface area contributed by atoms with E-state index in [1.807, 2.05) is 26.0 Å². The van der Waals surface area contributed by atoms with Crippen molar-refractivity contribution in [3.63, 3.8) is 0 Å². The van der Waals surface area contributed by atoms with Crippen molar-refractivity contribution < 1.29 is 17.9 Å². The molecule has 0 radical (unpaired) electrons. The van der Waals surface area contributed by atoms with Gasteiger partial charge in [-0.05, 0) is 37.6 Å². The van der Waals surface area contributed by atoms with Crippen LogP contribution >= 0.6 is 0 Å². The normalized spacial score (nSPS) is 15.8. The number of fused-ring (bicyclic) bond motifs is 1. The van der Waals surface area contributed by atoms with Crippen LogP contribution in [-0.2, 0) is 14.8 Å². The van der Waals surface area contributed by atoms with Gasteiger partial charge in [0, 0.05) is 35.1 Å². The Labute approximate surface area is 164 Å². The Hall–Kier alpha value is -2.48. The first-order valence-corrected chi connectivity index (χ1v) is 10.6. The van der Waals surface area contributed by atoms with Gasteiger partial charge in [-0.25, -0.2) is 8.42 Å². The fourth-order valence-corrected chi connectivity index (χ4v) is 5.15. The maximum atomic E-state index is 13.0. The summed E-state index contributed by atoms with van der Waals surface area (Å²) in [6.45, 7) is 5.47. The predicted octanol–water partition coefficient (Wildman–Crippen LogP) is 3.29. The van der Waals surface area contributed by atoms with Gasteiger partial charge in [0.05, 0.1) is 23.8 Å². The summed E-state index contributed by atoms with van der Waals surface area (Å²) in [5.74, 6) is 0. The molecule has 0 atom stereocenters. The summed E-state index contributed by atoms with van der Waals surface area (Å²) in [6, 6.07) is 10.9. The highest BCUT2D eigenvalue weighted by Gasteiger charge is 2.27. The van der Waals surface area contributed by atoms with Gasteiger partial charge in [-0.3, -0.25) is 4.79 Å². The minimum absolute atomic E-state index is 0.191. The van der Waals surface area contributed by atoms with Crippen molar-refractivity contribution in [1.29, 1.82) is 0 Å². The number of H-pyrrole nitrogens is 1. The Bertz CT molecular complexity index is 1160. The lowest BCUT2D eigenvalue weighted by molar-refractivity contribution is 0.0730. The molecule has 0 bridgehead atoms. The summed E-state index contributed by atoms with van der Waals surface area (Å²) >= 11 is 0. The second kappa shape index (κ2) is 7.16. The summed E-state index contributed by atoms with van der Waals surface area (Å²) in [5.41, 5.74) is 5.05. The zero-order chi connectivity index (χ0) is 19.9. The molecule has 1 fully saturated rings. The van der Waals surface area contributed by atoms with Crippen LogP contribution in [0.3, 0.4) is 0 Å². The van der Waals surface area contributed by atoms with E-state index in [0.717, 1.165) is 28.5 Å². The number of aromatic amines is 1. The van der Waals surface area contributed by atoms with Crippen molar-refractivity contribution in [2.75, 3.05) is 26.3 Å². The van der Waals surface area contributed by atoms with Crippen molar-refractivity contribution in [3.8, 4) is 11.3 Å². The van der Waals surface area contributed by atoms with Gasteiger partial charge < -0.3 is 9.72 Å². The first-order chi connectivity index (χ1) is 13.4. The van der Waals surface area contributed by atoms with Crippen molar-refractivity contribution in [1.82, 2.24) is 9.29 Å². The molecule has 28 heavy (non-hydrogen) atoms. The summed E-state index contributed by atoms with van der Waals surface area (Å²) in [5, 5.41) is 0.610. The van der Waals surface area contributed by atoms with Gasteiger partial charge in [-0.2, -0.15) is 4.31 Å². The van der Waals surface area contributed by atoms with Gasteiger partial charge in [0.25, 0.3) is 0 Å². The number of morpholine rings is 1. The molecule has 1 aliphatic rings. The minimum atomic E-state index is -3.62. The number of sulfonamides is 1. The van der Waals surface area contributed by atoms with Crippen LogP contribution < -0.4 is 0 Å². The largest absolute Gasteiger partial charge is 0.379 e. The molecule has 0 saturated carbocycles. The number of carbonyl (C=O) groups is 1. The quantitative estimate of drug-likeness (QED) is 0.684. The molecule has 1 aliphatic heterocycles. The average molecular weight is 398 g/mol. The van der Waals surface area contributed by atoms with Gasteiger partial charge in [0.1, 0.15) is 0 Å². The molecule has 0 aliphatic carbocycles.